The molecule has 0 atom stereocenters. The number of carbonyl (C=O) groups excluding carboxylic acids is 1. The molecule has 0 aromatic heterocycles. The Kier molecular flexibility index (Phi) is 5.98. The molecule has 4 nitrogen and oxygen atoms in total. The molecule has 0 saturated carbocycles. The van der Waals surface area contributed by atoms with Crippen LogP contribution >= 0.6 is 11.6 Å². The van der Waals surface area contributed by atoms with E-state index in [1.807, 2.05) is 0 Å². The summed E-state index contributed by atoms with van der Waals surface area (Å²) < 4.78 is 66.2. The van der Waals surface area contributed by atoms with Crippen molar-refractivity contribution in [2.24, 2.45) is 0 Å². The van der Waals surface area contributed by atoms with Crippen molar-refractivity contribution >= 4 is 27.4 Å². The Labute approximate surface area is 153 Å². The summed E-state index contributed by atoms with van der Waals surface area (Å²) in [5.74, 6) is -0.793. The molecule has 0 spiro atoms. The summed E-state index contributed by atoms with van der Waals surface area (Å²) in [6.45, 7) is -0.156. The zero-order valence-corrected chi connectivity index (χ0v) is 15.1. The number of hydrogen-bond donors (Lipinski definition) is 0. The van der Waals surface area contributed by atoms with E-state index >= 15 is 0 Å². The van der Waals surface area contributed by atoms with Gasteiger partial charge in [-0.2, -0.15) is 13.2 Å². The number of rotatable bonds is 5. The zero-order valence-electron chi connectivity index (χ0n) is 13.5. The van der Waals surface area contributed by atoms with Crippen molar-refractivity contribution < 1.29 is 31.1 Å². The van der Waals surface area contributed by atoms with Crippen molar-refractivity contribution in [2.75, 3.05) is 12.9 Å². The molecular weight excluding hydrogens is 393 g/mol. The molecule has 0 amide bonds. The van der Waals surface area contributed by atoms with Crippen molar-refractivity contribution in [2.45, 2.75) is 17.5 Å². The number of halogens is 4. The second kappa shape index (κ2) is 7.67. The first-order valence-electron chi connectivity index (χ1n) is 7.31. The van der Waals surface area contributed by atoms with E-state index in [2.05, 4.69) is 0 Å². The predicted octanol–water partition coefficient (Wildman–Crippen LogP) is 4.16. The number of carbonyl (C=O) groups is 1. The Balaban J connectivity index is 2.04. The van der Waals surface area contributed by atoms with Crippen LogP contribution in [0.25, 0.3) is 0 Å². The average Bonchev–Trinajstić information content (AvgIpc) is 2.53. The van der Waals surface area contributed by atoms with Crippen LogP contribution in [-0.2, 0) is 27.2 Å². The Bertz CT molecular complexity index is 924. The van der Waals surface area contributed by atoms with E-state index in [1.54, 1.807) is 0 Å². The van der Waals surface area contributed by atoms with E-state index in [0.29, 0.717) is 5.56 Å². The SMILES string of the molecule is CS(=O)(=O)c1cc(C(=O)OCCc2cccc(C(F)(F)F)c2)ccc1Cl. The Morgan fingerprint density at radius 2 is 1.85 bits per heavy atom. The highest BCUT2D eigenvalue weighted by Gasteiger charge is 2.30. The number of esters is 1. The third-order valence-electron chi connectivity index (χ3n) is 3.44. The van der Waals surface area contributed by atoms with E-state index in [9.17, 15) is 26.4 Å². The molecule has 0 heterocycles. The molecule has 2 aromatic rings. The maximum absolute atomic E-state index is 12.7. The quantitative estimate of drug-likeness (QED) is 0.699. The van der Waals surface area contributed by atoms with Gasteiger partial charge in [-0.15, -0.1) is 0 Å². The van der Waals surface area contributed by atoms with Gasteiger partial charge < -0.3 is 4.74 Å². The first-order valence-corrected chi connectivity index (χ1v) is 9.58. The van der Waals surface area contributed by atoms with Crippen molar-refractivity contribution in [3.63, 3.8) is 0 Å². The van der Waals surface area contributed by atoms with Crippen LogP contribution in [0.1, 0.15) is 21.5 Å². The van der Waals surface area contributed by atoms with Crippen LogP contribution in [0.3, 0.4) is 0 Å². The minimum Gasteiger partial charge on any atom is -0.462 e. The van der Waals surface area contributed by atoms with Gasteiger partial charge in [-0.25, -0.2) is 13.2 Å². The van der Waals surface area contributed by atoms with Crippen LogP contribution in [-0.4, -0.2) is 27.2 Å². The summed E-state index contributed by atoms with van der Waals surface area (Å²) in [4.78, 5) is 11.8. The molecule has 0 bridgehead atoms. The van der Waals surface area contributed by atoms with E-state index < -0.39 is 27.5 Å². The molecule has 0 saturated heterocycles. The normalized spacial score (nSPS) is 12.0. The number of hydrogen-bond acceptors (Lipinski definition) is 4. The molecule has 140 valence electrons. The summed E-state index contributed by atoms with van der Waals surface area (Å²) in [5.41, 5.74) is -0.434. The highest BCUT2D eigenvalue weighted by molar-refractivity contribution is 7.90. The lowest BCUT2D eigenvalue weighted by atomic mass is 10.1. The van der Waals surface area contributed by atoms with Gasteiger partial charge in [-0.3, -0.25) is 0 Å². The topological polar surface area (TPSA) is 60.4 Å². The number of ether oxygens (including phenoxy) is 1. The minimum atomic E-state index is -4.45. The summed E-state index contributed by atoms with van der Waals surface area (Å²) in [6, 6.07) is 8.38. The molecule has 0 radical (unpaired) electrons. The Hall–Kier alpha value is -2.06. The summed E-state index contributed by atoms with van der Waals surface area (Å²) in [7, 11) is -3.62. The first-order chi connectivity index (χ1) is 12.0. The highest BCUT2D eigenvalue weighted by Crippen LogP contribution is 2.29. The number of alkyl halides is 3. The fourth-order valence-electron chi connectivity index (χ4n) is 2.16. The van der Waals surface area contributed by atoms with Gasteiger partial charge in [0.2, 0.25) is 0 Å². The van der Waals surface area contributed by atoms with Crippen LogP contribution in [0.5, 0.6) is 0 Å². The zero-order chi connectivity index (χ0) is 19.5. The fourth-order valence-corrected chi connectivity index (χ4v) is 3.46. The number of sulfone groups is 1. The molecular formula is C17H14ClF3O4S. The second-order valence-corrected chi connectivity index (χ2v) is 7.89. The smallest absolute Gasteiger partial charge is 0.416 e. The van der Waals surface area contributed by atoms with Gasteiger partial charge in [-0.1, -0.05) is 29.8 Å². The fraction of sp³-hybridized carbons (Fsp3) is 0.235. The molecule has 2 rings (SSSR count). The highest BCUT2D eigenvalue weighted by atomic mass is 35.5. The van der Waals surface area contributed by atoms with E-state index in [1.165, 1.54) is 24.3 Å². The number of benzene rings is 2. The van der Waals surface area contributed by atoms with E-state index in [0.717, 1.165) is 24.5 Å². The van der Waals surface area contributed by atoms with Gasteiger partial charge in [0.05, 0.1) is 27.7 Å². The third-order valence-corrected chi connectivity index (χ3v) is 5.02. The largest absolute Gasteiger partial charge is 0.462 e. The molecule has 0 N–H and O–H groups in total. The van der Waals surface area contributed by atoms with Gasteiger partial charge in [-0.05, 0) is 29.8 Å². The molecule has 0 aliphatic rings. The van der Waals surface area contributed by atoms with Crippen molar-refractivity contribution in [3.8, 4) is 0 Å². The minimum absolute atomic E-state index is 0.0149. The predicted molar refractivity (Wildman–Crippen MR) is 90.0 cm³/mol. The van der Waals surface area contributed by atoms with Crippen molar-refractivity contribution in [1.29, 1.82) is 0 Å². The Morgan fingerprint density at radius 1 is 1.15 bits per heavy atom. The summed E-state index contributed by atoms with van der Waals surface area (Å²) in [6.07, 6.45) is -3.41. The van der Waals surface area contributed by atoms with E-state index in [4.69, 9.17) is 16.3 Å². The van der Waals surface area contributed by atoms with Crippen LogP contribution in [0, 0.1) is 0 Å². The Morgan fingerprint density at radius 3 is 2.46 bits per heavy atom. The standard InChI is InChI=1S/C17H14ClF3O4S/c1-26(23,24)15-10-12(5-6-14(15)18)16(22)25-8-7-11-3-2-4-13(9-11)17(19,20)21/h2-6,9-10H,7-8H2,1H3. The van der Waals surface area contributed by atoms with Gasteiger partial charge in [0.25, 0.3) is 0 Å². The van der Waals surface area contributed by atoms with Gasteiger partial charge >= 0.3 is 12.1 Å². The molecule has 0 unspecified atom stereocenters. The maximum Gasteiger partial charge on any atom is 0.416 e. The molecule has 0 fully saturated rings. The van der Waals surface area contributed by atoms with Crippen molar-refractivity contribution in [3.05, 3.63) is 64.2 Å². The summed E-state index contributed by atoms with van der Waals surface area (Å²) >= 11 is 5.80. The maximum atomic E-state index is 12.7. The molecule has 0 aliphatic carbocycles. The molecule has 26 heavy (non-hydrogen) atoms. The van der Waals surface area contributed by atoms with Crippen molar-refractivity contribution in [1.82, 2.24) is 0 Å². The molecule has 0 aliphatic heterocycles. The van der Waals surface area contributed by atoms with Gasteiger partial charge in [0.1, 0.15) is 0 Å². The van der Waals surface area contributed by atoms with Crippen LogP contribution < -0.4 is 0 Å². The first kappa shape index (κ1) is 20.3. The monoisotopic (exact) mass is 406 g/mol. The summed E-state index contributed by atoms with van der Waals surface area (Å²) in [5, 5.41) is -0.0204. The molecule has 9 heteroatoms. The lowest BCUT2D eigenvalue weighted by molar-refractivity contribution is -0.137. The van der Waals surface area contributed by atoms with E-state index in [-0.39, 0.29) is 28.5 Å². The van der Waals surface area contributed by atoms with Crippen LogP contribution in [0.15, 0.2) is 47.4 Å². The molecule has 2 aromatic carbocycles. The van der Waals surface area contributed by atoms with Crippen LogP contribution in [0.2, 0.25) is 5.02 Å². The van der Waals surface area contributed by atoms with Gasteiger partial charge in [0, 0.05) is 12.7 Å². The van der Waals surface area contributed by atoms with Crippen LogP contribution in [0.4, 0.5) is 13.2 Å². The lowest BCUT2D eigenvalue weighted by Crippen LogP contribution is -2.10. The second-order valence-electron chi connectivity index (χ2n) is 5.50. The van der Waals surface area contributed by atoms with Gasteiger partial charge in [0.15, 0.2) is 9.84 Å². The third kappa shape index (κ3) is 5.22. The average molecular weight is 407 g/mol. The lowest BCUT2D eigenvalue weighted by Gasteiger charge is -2.10.